The molecule has 2 atom stereocenters. The van der Waals surface area contributed by atoms with Crippen LogP contribution in [0.2, 0.25) is 0 Å². The van der Waals surface area contributed by atoms with E-state index in [1.807, 2.05) is 6.92 Å². The number of ether oxygens (including phenoxy) is 1. The molecule has 0 aliphatic heterocycles. The van der Waals surface area contributed by atoms with Crippen molar-refractivity contribution in [1.29, 1.82) is 0 Å². The van der Waals surface area contributed by atoms with Gasteiger partial charge >= 0.3 is 5.97 Å². The van der Waals surface area contributed by atoms with Gasteiger partial charge in [-0.2, -0.15) is 0 Å². The zero-order valence-corrected chi connectivity index (χ0v) is 9.04. The van der Waals surface area contributed by atoms with Crippen molar-refractivity contribution in [2.75, 3.05) is 0 Å². The molecule has 0 aromatic heterocycles. The van der Waals surface area contributed by atoms with E-state index in [-0.39, 0.29) is 12.1 Å². The standard InChI is InChI=1S/C11H20O2/c1-6-11(12)13-10(5)9(4)7-8(2)3/h6,8-10H,1,7H2,2-5H3. The fourth-order valence-electron chi connectivity index (χ4n) is 1.28. The van der Waals surface area contributed by atoms with Crippen LogP contribution in [0, 0.1) is 11.8 Å². The first-order chi connectivity index (χ1) is 5.97. The summed E-state index contributed by atoms with van der Waals surface area (Å²) in [5.41, 5.74) is 0. The van der Waals surface area contributed by atoms with E-state index >= 15 is 0 Å². The lowest BCUT2D eigenvalue weighted by atomic mass is 9.95. The zero-order chi connectivity index (χ0) is 10.4. The average molecular weight is 184 g/mol. The highest BCUT2D eigenvalue weighted by molar-refractivity contribution is 5.81. The maximum atomic E-state index is 10.9. The molecule has 0 amide bonds. The maximum absolute atomic E-state index is 10.9. The fraction of sp³-hybridized carbons (Fsp3) is 0.727. The minimum atomic E-state index is -0.330. The molecule has 0 bridgehead atoms. The molecule has 0 saturated carbocycles. The van der Waals surface area contributed by atoms with Gasteiger partial charge in [-0.05, 0) is 25.2 Å². The molecule has 0 N–H and O–H groups in total. The number of carbonyl (C=O) groups excluding carboxylic acids is 1. The van der Waals surface area contributed by atoms with Gasteiger partial charge in [0, 0.05) is 6.08 Å². The Balaban J connectivity index is 3.88. The molecule has 0 heterocycles. The lowest BCUT2D eigenvalue weighted by Crippen LogP contribution is -2.22. The first-order valence-corrected chi connectivity index (χ1v) is 4.80. The zero-order valence-electron chi connectivity index (χ0n) is 9.04. The van der Waals surface area contributed by atoms with E-state index in [4.69, 9.17) is 4.74 Å². The summed E-state index contributed by atoms with van der Waals surface area (Å²) in [5, 5.41) is 0. The van der Waals surface area contributed by atoms with Crippen molar-refractivity contribution in [3.8, 4) is 0 Å². The van der Waals surface area contributed by atoms with Crippen LogP contribution in [0.1, 0.15) is 34.1 Å². The second-order valence-electron chi connectivity index (χ2n) is 3.95. The molecule has 0 rings (SSSR count). The molecule has 2 nitrogen and oxygen atoms in total. The Morgan fingerprint density at radius 2 is 1.92 bits per heavy atom. The summed E-state index contributed by atoms with van der Waals surface area (Å²) in [4.78, 5) is 10.9. The Bertz CT molecular complexity index is 173. The predicted octanol–water partition coefficient (Wildman–Crippen LogP) is 2.79. The molecule has 0 aromatic carbocycles. The molecule has 2 heteroatoms. The molecular weight excluding hydrogens is 164 g/mol. The normalized spacial score (nSPS) is 15.2. The van der Waals surface area contributed by atoms with Gasteiger partial charge in [-0.1, -0.05) is 27.4 Å². The van der Waals surface area contributed by atoms with Crippen LogP contribution < -0.4 is 0 Å². The maximum Gasteiger partial charge on any atom is 0.330 e. The monoisotopic (exact) mass is 184 g/mol. The fourth-order valence-corrected chi connectivity index (χ4v) is 1.28. The van der Waals surface area contributed by atoms with Crippen molar-refractivity contribution in [2.24, 2.45) is 11.8 Å². The van der Waals surface area contributed by atoms with Crippen LogP contribution in [-0.4, -0.2) is 12.1 Å². The van der Waals surface area contributed by atoms with Crippen LogP contribution >= 0.6 is 0 Å². The Labute approximate surface area is 81.0 Å². The van der Waals surface area contributed by atoms with Crippen molar-refractivity contribution in [3.63, 3.8) is 0 Å². The SMILES string of the molecule is C=CC(=O)OC(C)C(C)CC(C)C. The first-order valence-electron chi connectivity index (χ1n) is 4.80. The Kier molecular flexibility index (Phi) is 5.44. The molecule has 76 valence electrons. The van der Waals surface area contributed by atoms with Gasteiger partial charge < -0.3 is 4.74 Å². The van der Waals surface area contributed by atoms with E-state index in [2.05, 4.69) is 27.4 Å². The van der Waals surface area contributed by atoms with Crippen molar-refractivity contribution >= 4 is 5.97 Å². The van der Waals surface area contributed by atoms with Gasteiger partial charge in [-0.3, -0.25) is 0 Å². The van der Waals surface area contributed by atoms with Crippen LogP contribution in [0.3, 0.4) is 0 Å². The molecule has 2 unspecified atom stereocenters. The van der Waals surface area contributed by atoms with Crippen LogP contribution in [0.25, 0.3) is 0 Å². The molecular formula is C11H20O2. The summed E-state index contributed by atoms with van der Waals surface area (Å²) in [5.74, 6) is 0.715. The van der Waals surface area contributed by atoms with Crippen LogP contribution in [-0.2, 0) is 9.53 Å². The molecule has 0 radical (unpaired) electrons. The van der Waals surface area contributed by atoms with E-state index in [0.29, 0.717) is 11.8 Å². The smallest absolute Gasteiger partial charge is 0.330 e. The van der Waals surface area contributed by atoms with Gasteiger partial charge in [0.25, 0.3) is 0 Å². The molecule has 0 aliphatic rings. The van der Waals surface area contributed by atoms with E-state index in [1.54, 1.807) is 0 Å². The molecule has 0 fully saturated rings. The molecule has 0 aromatic rings. The summed E-state index contributed by atoms with van der Waals surface area (Å²) >= 11 is 0. The highest BCUT2D eigenvalue weighted by Gasteiger charge is 2.16. The summed E-state index contributed by atoms with van der Waals surface area (Å²) in [6, 6.07) is 0. The summed E-state index contributed by atoms with van der Waals surface area (Å²) in [6.45, 7) is 11.7. The van der Waals surface area contributed by atoms with E-state index in [1.165, 1.54) is 6.08 Å². The van der Waals surface area contributed by atoms with Gasteiger partial charge in [0.2, 0.25) is 0 Å². The van der Waals surface area contributed by atoms with Crippen LogP contribution in [0.5, 0.6) is 0 Å². The quantitative estimate of drug-likeness (QED) is 0.485. The Morgan fingerprint density at radius 3 is 2.31 bits per heavy atom. The minimum absolute atomic E-state index is 0.0205. The van der Waals surface area contributed by atoms with Crippen molar-refractivity contribution in [3.05, 3.63) is 12.7 Å². The van der Waals surface area contributed by atoms with Crippen molar-refractivity contribution in [1.82, 2.24) is 0 Å². The van der Waals surface area contributed by atoms with Gasteiger partial charge in [0.1, 0.15) is 6.10 Å². The Hall–Kier alpha value is -0.790. The van der Waals surface area contributed by atoms with Crippen LogP contribution in [0.4, 0.5) is 0 Å². The lowest BCUT2D eigenvalue weighted by molar-refractivity contribution is -0.144. The molecule has 13 heavy (non-hydrogen) atoms. The molecule has 0 aliphatic carbocycles. The highest BCUT2D eigenvalue weighted by Crippen LogP contribution is 2.17. The summed E-state index contributed by atoms with van der Waals surface area (Å²) in [7, 11) is 0. The van der Waals surface area contributed by atoms with E-state index < -0.39 is 0 Å². The third-order valence-electron chi connectivity index (χ3n) is 2.11. The highest BCUT2D eigenvalue weighted by atomic mass is 16.5. The number of hydrogen-bond donors (Lipinski definition) is 0. The average Bonchev–Trinajstić information content (AvgIpc) is 2.02. The largest absolute Gasteiger partial charge is 0.459 e. The van der Waals surface area contributed by atoms with Crippen molar-refractivity contribution in [2.45, 2.75) is 40.2 Å². The third kappa shape index (κ3) is 5.45. The third-order valence-corrected chi connectivity index (χ3v) is 2.11. The minimum Gasteiger partial charge on any atom is -0.459 e. The van der Waals surface area contributed by atoms with E-state index in [0.717, 1.165) is 6.42 Å². The molecule has 0 saturated heterocycles. The van der Waals surface area contributed by atoms with Crippen LogP contribution in [0.15, 0.2) is 12.7 Å². The lowest BCUT2D eigenvalue weighted by Gasteiger charge is -2.21. The predicted molar refractivity (Wildman–Crippen MR) is 54.4 cm³/mol. The van der Waals surface area contributed by atoms with Gasteiger partial charge in [-0.15, -0.1) is 0 Å². The van der Waals surface area contributed by atoms with Gasteiger partial charge in [0.15, 0.2) is 0 Å². The van der Waals surface area contributed by atoms with Crippen molar-refractivity contribution < 1.29 is 9.53 Å². The topological polar surface area (TPSA) is 26.3 Å². The second kappa shape index (κ2) is 5.79. The van der Waals surface area contributed by atoms with E-state index in [9.17, 15) is 4.79 Å². The summed E-state index contributed by atoms with van der Waals surface area (Å²) < 4.78 is 5.11. The molecule has 0 spiro atoms. The number of rotatable bonds is 5. The number of carbonyl (C=O) groups is 1. The second-order valence-corrected chi connectivity index (χ2v) is 3.95. The van der Waals surface area contributed by atoms with Gasteiger partial charge in [0.05, 0.1) is 0 Å². The van der Waals surface area contributed by atoms with Gasteiger partial charge in [-0.25, -0.2) is 4.79 Å². The summed E-state index contributed by atoms with van der Waals surface area (Å²) in [6.07, 6.45) is 2.26. The number of hydrogen-bond acceptors (Lipinski definition) is 2. The first kappa shape index (κ1) is 12.2. The Morgan fingerprint density at radius 1 is 1.38 bits per heavy atom. The number of esters is 1.